The van der Waals surface area contributed by atoms with Crippen molar-refractivity contribution in [1.82, 2.24) is 24.1 Å². The Bertz CT molecular complexity index is 1100. The zero-order valence-electron chi connectivity index (χ0n) is 15.8. The van der Waals surface area contributed by atoms with Gasteiger partial charge >= 0.3 is 0 Å². The van der Waals surface area contributed by atoms with Gasteiger partial charge in [0.2, 0.25) is 0 Å². The van der Waals surface area contributed by atoms with E-state index in [4.69, 9.17) is 9.72 Å². The lowest BCUT2D eigenvalue weighted by Crippen LogP contribution is -2.03. The monoisotopic (exact) mass is 365 g/mol. The number of aliphatic hydroxyl groups is 1. The number of nitrogens with zero attached hydrogens (tertiary/aromatic N) is 5. The average Bonchev–Trinajstić information content (AvgIpc) is 3.19. The summed E-state index contributed by atoms with van der Waals surface area (Å²) in [7, 11) is 1.66. The van der Waals surface area contributed by atoms with Crippen molar-refractivity contribution in [3.05, 3.63) is 53.2 Å². The first-order valence-corrected chi connectivity index (χ1v) is 9.05. The van der Waals surface area contributed by atoms with Crippen LogP contribution in [0.2, 0.25) is 0 Å². The number of ether oxygens (including phenoxy) is 1. The normalized spacial score (nSPS) is 11.6. The van der Waals surface area contributed by atoms with Gasteiger partial charge < -0.3 is 14.4 Å². The number of hydrogen-bond donors (Lipinski definition) is 1. The molecule has 7 nitrogen and oxygen atoms in total. The van der Waals surface area contributed by atoms with Crippen LogP contribution in [0.3, 0.4) is 0 Å². The van der Waals surface area contributed by atoms with Gasteiger partial charge in [-0.1, -0.05) is 12.1 Å². The average molecular weight is 365 g/mol. The van der Waals surface area contributed by atoms with Gasteiger partial charge in [0.15, 0.2) is 11.5 Å². The van der Waals surface area contributed by atoms with Crippen LogP contribution in [0.5, 0.6) is 5.75 Å². The third kappa shape index (κ3) is 3.04. The minimum atomic E-state index is 0.164. The summed E-state index contributed by atoms with van der Waals surface area (Å²) < 4.78 is 9.11. The summed E-state index contributed by atoms with van der Waals surface area (Å²) in [4.78, 5) is 9.40. The standard InChI is InChI=1S/C20H23N5O2/c1-13-14(2)24(9-4-10-26)19-18(13)20-22-17(23-25(20)12-21-19)11-15-5-7-16(27-3)8-6-15/h5-8,12,26H,4,9-11H2,1-3H3. The first kappa shape index (κ1) is 17.5. The molecule has 0 saturated heterocycles. The highest BCUT2D eigenvalue weighted by Crippen LogP contribution is 2.27. The lowest BCUT2D eigenvalue weighted by Gasteiger charge is -2.05. The first-order valence-electron chi connectivity index (χ1n) is 9.05. The fraction of sp³-hybridized carbons (Fsp3) is 0.350. The van der Waals surface area contributed by atoms with E-state index >= 15 is 0 Å². The maximum atomic E-state index is 9.18. The first-order chi connectivity index (χ1) is 13.1. The SMILES string of the molecule is COc1ccc(Cc2nc3c4c(C)c(C)n(CCCO)c4ncn3n2)cc1. The summed E-state index contributed by atoms with van der Waals surface area (Å²) in [5.74, 6) is 1.59. The van der Waals surface area contributed by atoms with Crippen LogP contribution in [0.15, 0.2) is 30.6 Å². The number of rotatable bonds is 6. The third-order valence-electron chi connectivity index (χ3n) is 5.05. The molecule has 0 fully saturated rings. The number of aromatic nitrogens is 5. The summed E-state index contributed by atoms with van der Waals surface area (Å²) >= 11 is 0. The van der Waals surface area contributed by atoms with Crippen LogP contribution in [0.25, 0.3) is 16.7 Å². The minimum Gasteiger partial charge on any atom is -0.497 e. The van der Waals surface area contributed by atoms with Crippen LogP contribution in [0, 0.1) is 13.8 Å². The third-order valence-corrected chi connectivity index (χ3v) is 5.05. The molecular weight excluding hydrogens is 342 g/mol. The van der Waals surface area contributed by atoms with E-state index in [1.165, 1.54) is 0 Å². The summed E-state index contributed by atoms with van der Waals surface area (Å²) in [6.45, 7) is 5.08. The smallest absolute Gasteiger partial charge is 0.168 e. The molecule has 0 saturated carbocycles. The van der Waals surface area contributed by atoms with Crippen LogP contribution in [0.1, 0.15) is 29.1 Å². The Morgan fingerprint density at radius 3 is 2.59 bits per heavy atom. The van der Waals surface area contributed by atoms with Crippen LogP contribution in [-0.4, -0.2) is 43.0 Å². The second-order valence-corrected chi connectivity index (χ2v) is 6.70. The zero-order chi connectivity index (χ0) is 19.0. The molecule has 0 spiro atoms. The highest BCUT2D eigenvalue weighted by molar-refractivity contribution is 5.93. The van der Waals surface area contributed by atoms with Gasteiger partial charge in [0, 0.05) is 25.3 Å². The molecule has 1 aromatic carbocycles. The van der Waals surface area contributed by atoms with E-state index < -0.39 is 0 Å². The van der Waals surface area contributed by atoms with E-state index in [1.54, 1.807) is 18.0 Å². The van der Waals surface area contributed by atoms with Gasteiger partial charge in [-0.25, -0.2) is 14.5 Å². The van der Waals surface area contributed by atoms with Crippen molar-refractivity contribution in [3.63, 3.8) is 0 Å². The van der Waals surface area contributed by atoms with Gasteiger partial charge in [-0.05, 0) is 43.5 Å². The lowest BCUT2D eigenvalue weighted by atomic mass is 10.1. The summed E-state index contributed by atoms with van der Waals surface area (Å²) in [5, 5.41) is 14.8. The largest absolute Gasteiger partial charge is 0.497 e. The molecular formula is C20H23N5O2. The number of methoxy groups -OCH3 is 1. The van der Waals surface area contributed by atoms with Gasteiger partial charge in [0.05, 0.1) is 12.5 Å². The Labute approximate surface area is 157 Å². The van der Waals surface area contributed by atoms with Crippen LogP contribution >= 0.6 is 0 Å². The summed E-state index contributed by atoms with van der Waals surface area (Å²) in [6, 6.07) is 7.94. The van der Waals surface area contributed by atoms with Crippen molar-refractivity contribution in [3.8, 4) is 5.75 Å². The topological polar surface area (TPSA) is 77.5 Å². The van der Waals surface area contributed by atoms with Crippen molar-refractivity contribution < 1.29 is 9.84 Å². The number of aryl methyl sites for hydroxylation is 2. The summed E-state index contributed by atoms with van der Waals surface area (Å²) in [5.41, 5.74) is 5.16. The Balaban J connectivity index is 1.76. The molecule has 1 N–H and O–H groups in total. The molecule has 0 aliphatic heterocycles. The van der Waals surface area contributed by atoms with Gasteiger partial charge in [0.25, 0.3) is 0 Å². The van der Waals surface area contributed by atoms with Gasteiger partial charge in [-0.15, -0.1) is 5.10 Å². The molecule has 0 radical (unpaired) electrons. The molecule has 0 aliphatic rings. The molecule has 27 heavy (non-hydrogen) atoms. The van der Waals surface area contributed by atoms with Gasteiger partial charge in [-0.2, -0.15) is 0 Å². The van der Waals surface area contributed by atoms with E-state index in [2.05, 4.69) is 28.5 Å². The highest BCUT2D eigenvalue weighted by Gasteiger charge is 2.17. The second-order valence-electron chi connectivity index (χ2n) is 6.70. The number of aliphatic hydroxyl groups excluding tert-OH is 1. The molecule has 0 amide bonds. The number of benzene rings is 1. The van der Waals surface area contributed by atoms with E-state index in [1.807, 2.05) is 24.3 Å². The Morgan fingerprint density at radius 2 is 1.89 bits per heavy atom. The van der Waals surface area contributed by atoms with Crippen LogP contribution < -0.4 is 4.74 Å². The maximum Gasteiger partial charge on any atom is 0.168 e. The molecule has 140 valence electrons. The Kier molecular flexibility index (Phi) is 4.53. The Morgan fingerprint density at radius 1 is 1.11 bits per heavy atom. The molecule has 0 aliphatic carbocycles. The van der Waals surface area contributed by atoms with E-state index in [9.17, 15) is 5.11 Å². The molecule has 7 heteroatoms. The maximum absolute atomic E-state index is 9.18. The predicted molar refractivity (Wildman–Crippen MR) is 103 cm³/mol. The van der Waals surface area contributed by atoms with Crippen molar-refractivity contribution in [1.29, 1.82) is 0 Å². The van der Waals surface area contributed by atoms with Crippen molar-refractivity contribution in [2.45, 2.75) is 33.2 Å². The highest BCUT2D eigenvalue weighted by atomic mass is 16.5. The molecule has 0 bridgehead atoms. The second kappa shape index (κ2) is 7.00. The van der Waals surface area contributed by atoms with Crippen molar-refractivity contribution in [2.24, 2.45) is 0 Å². The quantitative estimate of drug-likeness (QED) is 0.568. The molecule has 4 aromatic rings. The molecule has 0 unspecified atom stereocenters. The van der Waals surface area contributed by atoms with E-state index in [0.717, 1.165) is 51.6 Å². The van der Waals surface area contributed by atoms with E-state index in [0.29, 0.717) is 12.8 Å². The summed E-state index contributed by atoms with van der Waals surface area (Å²) in [6.07, 6.45) is 3.07. The molecule has 3 heterocycles. The fourth-order valence-corrected chi connectivity index (χ4v) is 3.48. The fourth-order valence-electron chi connectivity index (χ4n) is 3.48. The predicted octanol–water partition coefficient (Wildman–Crippen LogP) is 2.68. The molecule has 4 rings (SSSR count). The van der Waals surface area contributed by atoms with Crippen molar-refractivity contribution in [2.75, 3.05) is 13.7 Å². The lowest BCUT2D eigenvalue weighted by molar-refractivity contribution is 0.280. The Hall–Kier alpha value is -2.93. The van der Waals surface area contributed by atoms with E-state index in [-0.39, 0.29) is 6.61 Å². The minimum absolute atomic E-state index is 0.164. The number of hydrogen-bond acceptors (Lipinski definition) is 5. The van der Waals surface area contributed by atoms with Crippen LogP contribution in [0.4, 0.5) is 0 Å². The van der Waals surface area contributed by atoms with Crippen molar-refractivity contribution >= 4 is 16.7 Å². The number of fused-ring (bicyclic) bond motifs is 3. The van der Waals surface area contributed by atoms with Gasteiger partial charge in [-0.3, -0.25) is 0 Å². The molecule has 0 atom stereocenters. The van der Waals surface area contributed by atoms with Crippen LogP contribution in [-0.2, 0) is 13.0 Å². The van der Waals surface area contributed by atoms with Gasteiger partial charge in [0.1, 0.15) is 17.7 Å². The molecule has 3 aromatic heterocycles. The zero-order valence-corrected chi connectivity index (χ0v) is 15.8.